The van der Waals surface area contributed by atoms with Crippen molar-refractivity contribution in [2.24, 2.45) is 4.99 Å². The third-order valence-corrected chi connectivity index (χ3v) is 5.64. The van der Waals surface area contributed by atoms with E-state index in [2.05, 4.69) is 44.8 Å². The number of hydrogen-bond donors (Lipinski definition) is 2. The molecule has 0 aliphatic carbocycles. The summed E-state index contributed by atoms with van der Waals surface area (Å²) in [6, 6.07) is 12.2. The van der Waals surface area contributed by atoms with Crippen molar-refractivity contribution in [2.45, 2.75) is 32.4 Å². The fraction of sp³-hybridized carbons (Fsp3) is 0.435. The van der Waals surface area contributed by atoms with E-state index >= 15 is 0 Å². The van der Waals surface area contributed by atoms with E-state index < -0.39 is 0 Å². The van der Waals surface area contributed by atoms with Crippen molar-refractivity contribution >= 4 is 41.3 Å². The fourth-order valence-corrected chi connectivity index (χ4v) is 3.92. The van der Waals surface area contributed by atoms with Gasteiger partial charge in [-0.2, -0.15) is 0 Å². The highest BCUT2D eigenvalue weighted by Gasteiger charge is 2.21. The lowest BCUT2D eigenvalue weighted by Gasteiger charge is -2.34. The molecular formula is C23H32IN7O2. The van der Waals surface area contributed by atoms with Crippen molar-refractivity contribution in [2.75, 3.05) is 38.8 Å². The summed E-state index contributed by atoms with van der Waals surface area (Å²) in [7, 11) is 3.36. The quantitative estimate of drug-likeness (QED) is 0.259. The summed E-state index contributed by atoms with van der Waals surface area (Å²) in [5.74, 6) is 3.24. The highest BCUT2D eigenvalue weighted by molar-refractivity contribution is 14.0. The number of halogens is 1. The lowest BCUT2D eigenvalue weighted by atomic mass is 10.0. The van der Waals surface area contributed by atoms with Crippen molar-refractivity contribution in [3.05, 3.63) is 48.4 Å². The van der Waals surface area contributed by atoms with Crippen LogP contribution in [0.5, 0.6) is 11.5 Å². The average Bonchev–Trinajstić information content (AvgIpc) is 3.26. The summed E-state index contributed by atoms with van der Waals surface area (Å²) in [6.07, 6.45) is 3.99. The number of benzene rings is 1. The topological polar surface area (TPSA) is 88.3 Å². The number of aliphatic imine (C=N–C) groups is 1. The van der Waals surface area contributed by atoms with Gasteiger partial charge in [0, 0.05) is 55.8 Å². The summed E-state index contributed by atoms with van der Waals surface area (Å²) in [6.45, 7) is 5.23. The van der Waals surface area contributed by atoms with Crippen LogP contribution in [0.4, 0.5) is 5.69 Å². The smallest absolute Gasteiger partial charge is 0.191 e. The van der Waals surface area contributed by atoms with E-state index in [-0.39, 0.29) is 24.0 Å². The Morgan fingerprint density at radius 1 is 1.09 bits per heavy atom. The molecule has 1 fully saturated rings. The van der Waals surface area contributed by atoms with Gasteiger partial charge < -0.3 is 25.0 Å². The van der Waals surface area contributed by atoms with Crippen LogP contribution in [-0.2, 0) is 6.54 Å². The molecule has 33 heavy (non-hydrogen) atoms. The number of methoxy groups -OCH3 is 2. The molecule has 1 aromatic carbocycles. The largest absolute Gasteiger partial charge is 0.497 e. The maximum atomic E-state index is 5.42. The minimum Gasteiger partial charge on any atom is -0.497 e. The molecule has 1 aliphatic rings. The molecule has 3 heterocycles. The number of rotatable bonds is 7. The van der Waals surface area contributed by atoms with Crippen LogP contribution in [0.25, 0.3) is 5.65 Å². The molecule has 0 spiro atoms. The summed E-state index contributed by atoms with van der Waals surface area (Å²) >= 11 is 0. The zero-order chi connectivity index (χ0) is 22.3. The van der Waals surface area contributed by atoms with Crippen LogP contribution in [0.3, 0.4) is 0 Å². The molecule has 9 nitrogen and oxygen atoms in total. The first kappa shape index (κ1) is 24.9. The average molecular weight is 565 g/mol. The Bertz CT molecular complexity index is 1040. The molecule has 0 unspecified atom stereocenters. The molecule has 10 heteroatoms. The van der Waals surface area contributed by atoms with Gasteiger partial charge in [0.2, 0.25) is 0 Å². The van der Waals surface area contributed by atoms with Crippen molar-refractivity contribution in [1.82, 2.24) is 25.2 Å². The summed E-state index contributed by atoms with van der Waals surface area (Å²) in [4.78, 5) is 7.12. The number of anilines is 1. The van der Waals surface area contributed by atoms with E-state index in [1.807, 2.05) is 34.9 Å². The lowest BCUT2D eigenvalue weighted by molar-refractivity contribution is 0.393. The molecule has 0 atom stereocenters. The van der Waals surface area contributed by atoms with E-state index in [9.17, 15) is 0 Å². The van der Waals surface area contributed by atoms with Gasteiger partial charge in [-0.15, -0.1) is 34.2 Å². The standard InChI is InChI=1S/C23H31N7O2.HI/c1-4-24-23(25-16-22-28-27-21-7-5-6-10-30(21)22)26-17-8-11-29(12-9-17)18-13-19(31-2)15-20(14-18)32-3;/h5-7,10,13-15,17H,4,8-9,11-12,16H2,1-3H3,(H2,24,25,26);1H. The molecule has 178 valence electrons. The third kappa shape index (κ3) is 6.18. The first-order valence-corrected chi connectivity index (χ1v) is 11.0. The first-order valence-electron chi connectivity index (χ1n) is 11.0. The molecule has 0 amide bonds. The van der Waals surface area contributed by atoms with Crippen LogP contribution in [0.15, 0.2) is 47.6 Å². The predicted octanol–water partition coefficient (Wildman–Crippen LogP) is 3.09. The van der Waals surface area contributed by atoms with Crippen molar-refractivity contribution in [3.8, 4) is 11.5 Å². The monoisotopic (exact) mass is 565 g/mol. The lowest BCUT2D eigenvalue weighted by Crippen LogP contribution is -2.48. The summed E-state index contributed by atoms with van der Waals surface area (Å²) in [5, 5.41) is 15.4. The van der Waals surface area contributed by atoms with Crippen LogP contribution in [0.1, 0.15) is 25.6 Å². The van der Waals surface area contributed by atoms with Gasteiger partial charge in [-0.3, -0.25) is 4.40 Å². The van der Waals surface area contributed by atoms with Crippen molar-refractivity contribution in [1.29, 1.82) is 0 Å². The van der Waals surface area contributed by atoms with Crippen LogP contribution in [0, 0.1) is 0 Å². The SMILES string of the molecule is CCNC(=NCc1nnc2ccccn12)NC1CCN(c2cc(OC)cc(OC)c2)CC1.I. The van der Waals surface area contributed by atoms with Gasteiger partial charge in [-0.1, -0.05) is 6.07 Å². The van der Waals surface area contributed by atoms with Crippen molar-refractivity contribution < 1.29 is 9.47 Å². The number of hydrogen-bond acceptors (Lipinski definition) is 6. The van der Waals surface area contributed by atoms with Gasteiger partial charge in [-0.05, 0) is 31.9 Å². The number of pyridine rings is 1. The molecule has 0 radical (unpaired) electrons. The minimum atomic E-state index is 0. The number of guanidine groups is 1. The van der Waals surface area contributed by atoms with Gasteiger partial charge in [0.25, 0.3) is 0 Å². The van der Waals surface area contributed by atoms with Gasteiger partial charge >= 0.3 is 0 Å². The molecule has 3 aromatic rings. The van der Waals surface area contributed by atoms with Gasteiger partial charge in [-0.25, -0.2) is 4.99 Å². The fourth-order valence-electron chi connectivity index (χ4n) is 3.92. The van der Waals surface area contributed by atoms with Crippen LogP contribution >= 0.6 is 24.0 Å². The molecule has 0 saturated carbocycles. The highest BCUT2D eigenvalue weighted by Crippen LogP contribution is 2.30. The number of aromatic nitrogens is 3. The molecular weight excluding hydrogens is 533 g/mol. The maximum Gasteiger partial charge on any atom is 0.191 e. The number of ether oxygens (including phenoxy) is 2. The second-order valence-corrected chi connectivity index (χ2v) is 7.72. The van der Waals surface area contributed by atoms with E-state index in [0.717, 1.165) is 67.1 Å². The zero-order valence-electron chi connectivity index (χ0n) is 19.3. The normalized spacial score (nSPS) is 14.6. The number of piperidine rings is 1. The van der Waals surface area contributed by atoms with Crippen LogP contribution in [0.2, 0.25) is 0 Å². The minimum absolute atomic E-state index is 0. The first-order chi connectivity index (χ1) is 15.7. The second-order valence-electron chi connectivity index (χ2n) is 7.72. The molecule has 4 rings (SSSR count). The van der Waals surface area contributed by atoms with E-state index in [4.69, 9.17) is 14.5 Å². The summed E-state index contributed by atoms with van der Waals surface area (Å²) < 4.78 is 12.8. The van der Waals surface area contributed by atoms with E-state index in [0.29, 0.717) is 12.6 Å². The molecule has 1 saturated heterocycles. The summed E-state index contributed by atoms with van der Waals surface area (Å²) in [5.41, 5.74) is 1.95. The van der Waals surface area contributed by atoms with Crippen LogP contribution in [-0.4, -0.2) is 60.5 Å². The van der Waals surface area contributed by atoms with E-state index in [1.54, 1.807) is 14.2 Å². The second kappa shape index (κ2) is 11.9. The Morgan fingerprint density at radius 3 is 2.48 bits per heavy atom. The van der Waals surface area contributed by atoms with Crippen molar-refractivity contribution in [3.63, 3.8) is 0 Å². The molecule has 0 bridgehead atoms. The molecule has 2 aromatic heterocycles. The van der Waals surface area contributed by atoms with Gasteiger partial charge in [0.1, 0.15) is 18.0 Å². The Morgan fingerprint density at radius 2 is 1.82 bits per heavy atom. The predicted molar refractivity (Wildman–Crippen MR) is 141 cm³/mol. The molecule has 1 aliphatic heterocycles. The number of nitrogens with zero attached hydrogens (tertiary/aromatic N) is 5. The third-order valence-electron chi connectivity index (χ3n) is 5.64. The number of fused-ring (bicyclic) bond motifs is 1. The Hall–Kier alpha value is -2.76. The Labute approximate surface area is 211 Å². The maximum absolute atomic E-state index is 5.42. The number of nitrogens with one attached hydrogen (secondary N) is 2. The Kier molecular flexibility index (Phi) is 8.98. The molecule has 2 N–H and O–H groups in total. The van der Waals surface area contributed by atoms with E-state index in [1.165, 1.54) is 0 Å². The van der Waals surface area contributed by atoms with Gasteiger partial charge in [0.05, 0.1) is 14.2 Å². The van der Waals surface area contributed by atoms with Gasteiger partial charge in [0.15, 0.2) is 17.4 Å². The zero-order valence-corrected chi connectivity index (χ0v) is 21.7. The van der Waals surface area contributed by atoms with Crippen LogP contribution < -0.4 is 25.0 Å². The highest BCUT2D eigenvalue weighted by atomic mass is 127. The Balaban J connectivity index is 0.00000306.